The van der Waals surface area contributed by atoms with Crippen LogP contribution in [0.2, 0.25) is 0 Å². The zero-order chi connectivity index (χ0) is 14.9. The molecule has 2 atom stereocenters. The molecular weight excluding hydrogens is 274 g/mol. The van der Waals surface area contributed by atoms with Gasteiger partial charge in [0.2, 0.25) is 0 Å². The molecular formula is C14H25N3O2S. The van der Waals surface area contributed by atoms with Crippen molar-refractivity contribution >= 4 is 23.1 Å². The normalized spacial score (nSPS) is 28.6. The molecule has 2 saturated heterocycles. The number of piperazine rings is 1. The van der Waals surface area contributed by atoms with Crippen LogP contribution in [0.5, 0.6) is 0 Å². The van der Waals surface area contributed by atoms with E-state index in [9.17, 15) is 4.79 Å². The Balaban J connectivity index is 1.88. The van der Waals surface area contributed by atoms with Gasteiger partial charge in [0.15, 0.2) is 0 Å². The Kier molecular flexibility index (Phi) is 4.66. The number of nitrogens with zero attached hydrogens (tertiary/aromatic N) is 2. The lowest BCUT2D eigenvalue weighted by molar-refractivity contribution is -0.144. The van der Waals surface area contributed by atoms with Gasteiger partial charge in [-0.05, 0) is 33.6 Å². The Morgan fingerprint density at radius 1 is 1.25 bits per heavy atom. The molecule has 2 fully saturated rings. The van der Waals surface area contributed by atoms with Gasteiger partial charge in [0.1, 0.15) is 6.10 Å². The van der Waals surface area contributed by atoms with Crippen LogP contribution in [0.4, 0.5) is 0 Å². The molecule has 2 aliphatic rings. The van der Waals surface area contributed by atoms with Gasteiger partial charge >= 0.3 is 0 Å². The highest BCUT2D eigenvalue weighted by Gasteiger charge is 2.36. The van der Waals surface area contributed by atoms with Gasteiger partial charge in [0.05, 0.1) is 16.6 Å². The molecule has 0 aliphatic carbocycles. The third-order valence-electron chi connectivity index (χ3n) is 4.49. The van der Waals surface area contributed by atoms with E-state index < -0.39 is 0 Å². The van der Waals surface area contributed by atoms with E-state index in [1.807, 2.05) is 25.7 Å². The van der Waals surface area contributed by atoms with Gasteiger partial charge in [-0.2, -0.15) is 0 Å². The van der Waals surface area contributed by atoms with E-state index in [-0.39, 0.29) is 23.7 Å². The third-order valence-corrected chi connectivity index (χ3v) is 4.99. The second kappa shape index (κ2) is 5.95. The molecule has 2 unspecified atom stereocenters. The highest BCUT2D eigenvalue weighted by atomic mass is 32.1. The van der Waals surface area contributed by atoms with Gasteiger partial charge in [-0.1, -0.05) is 12.2 Å². The third kappa shape index (κ3) is 3.13. The molecule has 0 aromatic carbocycles. The lowest BCUT2D eigenvalue weighted by Crippen LogP contribution is -2.60. The fourth-order valence-electron chi connectivity index (χ4n) is 2.83. The van der Waals surface area contributed by atoms with Crippen molar-refractivity contribution in [2.24, 2.45) is 5.73 Å². The molecule has 20 heavy (non-hydrogen) atoms. The van der Waals surface area contributed by atoms with E-state index in [1.54, 1.807) is 0 Å². The van der Waals surface area contributed by atoms with E-state index in [1.165, 1.54) is 0 Å². The molecule has 2 rings (SSSR count). The SMILES string of the molecule is CC1CCC(C(=O)N2CCN(C(C)(C)C(N)=S)CC2)O1. The molecule has 114 valence electrons. The second-order valence-electron chi connectivity index (χ2n) is 6.25. The van der Waals surface area contributed by atoms with Crippen molar-refractivity contribution in [2.75, 3.05) is 26.2 Å². The van der Waals surface area contributed by atoms with Crippen LogP contribution in [0, 0.1) is 0 Å². The van der Waals surface area contributed by atoms with Crippen molar-refractivity contribution in [3.8, 4) is 0 Å². The van der Waals surface area contributed by atoms with Crippen LogP contribution in [-0.2, 0) is 9.53 Å². The lowest BCUT2D eigenvalue weighted by Gasteiger charge is -2.43. The molecule has 0 aromatic rings. The average molecular weight is 299 g/mol. The Morgan fingerprint density at radius 3 is 2.30 bits per heavy atom. The first kappa shape index (κ1) is 15.7. The number of carbonyl (C=O) groups is 1. The molecule has 2 aliphatic heterocycles. The minimum Gasteiger partial charge on any atom is -0.392 e. The minimum absolute atomic E-state index is 0.141. The topological polar surface area (TPSA) is 58.8 Å². The highest BCUT2D eigenvalue weighted by Crippen LogP contribution is 2.23. The Morgan fingerprint density at radius 2 is 1.85 bits per heavy atom. The summed E-state index contributed by atoms with van der Waals surface area (Å²) in [7, 11) is 0. The van der Waals surface area contributed by atoms with Crippen LogP contribution in [0.3, 0.4) is 0 Å². The molecule has 6 heteroatoms. The Bertz CT molecular complexity index is 392. The molecule has 0 radical (unpaired) electrons. The summed E-state index contributed by atoms with van der Waals surface area (Å²) in [6.07, 6.45) is 1.79. The zero-order valence-electron chi connectivity index (χ0n) is 12.6. The summed E-state index contributed by atoms with van der Waals surface area (Å²) < 4.78 is 5.66. The number of hydrogen-bond donors (Lipinski definition) is 1. The van der Waals surface area contributed by atoms with Crippen LogP contribution in [0.25, 0.3) is 0 Å². The quantitative estimate of drug-likeness (QED) is 0.780. The van der Waals surface area contributed by atoms with Crippen molar-refractivity contribution in [1.29, 1.82) is 0 Å². The van der Waals surface area contributed by atoms with E-state index >= 15 is 0 Å². The van der Waals surface area contributed by atoms with E-state index in [0.29, 0.717) is 4.99 Å². The van der Waals surface area contributed by atoms with Crippen LogP contribution in [-0.4, -0.2) is 64.6 Å². The lowest BCUT2D eigenvalue weighted by atomic mass is 10.0. The largest absolute Gasteiger partial charge is 0.392 e. The number of nitrogens with two attached hydrogens (primary N) is 1. The Hall–Kier alpha value is -0.720. The van der Waals surface area contributed by atoms with Gasteiger partial charge in [-0.3, -0.25) is 9.69 Å². The standard InChI is InChI=1S/C14H25N3O2S/c1-10-4-5-11(19-10)12(18)16-6-8-17(9-7-16)14(2,3)13(15)20/h10-11H,4-9H2,1-3H3,(H2,15,20). The minimum atomic E-state index is -0.289. The molecule has 0 spiro atoms. The number of carbonyl (C=O) groups excluding carboxylic acids is 1. The average Bonchev–Trinajstić information content (AvgIpc) is 2.84. The molecule has 1 amide bonds. The summed E-state index contributed by atoms with van der Waals surface area (Å²) in [6, 6.07) is 0. The van der Waals surface area contributed by atoms with E-state index in [0.717, 1.165) is 39.0 Å². The molecule has 5 nitrogen and oxygen atoms in total. The summed E-state index contributed by atoms with van der Waals surface area (Å²) >= 11 is 5.13. The van der Waals surface area contributed by atoms with Gasteiger partial charge in [0, 0.05) is 26.2 Å². The molecule has 0 saturated carbocycles. The number of rotatable bonds is 3. The molecule has 2 heterocycles. The number of amides is 1. The number of ether oxygens (including phenoxy) is 1. The van der Waals surface area contributed by atoms with Crippen molar-refractivity contribution in [1.82, 2.24) is 9.80 Å². The van der Waals surface area contributed by atoms with Gasteiger partial charge in [0.25, 0.3) is 5.91 Å². The molecule has 2 N–H and O–H groups in total. The summed E-state index contributed by atoms with van der Waals surface area (Å²) in [4.78, 5) is 17.0. The second-order valence-corrected chi connectivity index (χ2v) is 6.69. The predicted octanol–water partition coefficient (Wildman–Crippen LogP) is 0.763. The number of thiocarbonyl (C=S) groups is 1. The first-order chi connectivity index (χ1) is 9.32. The smallest absolute Gasteiger partial charge is 0.251 e. The maximum Gasteiger partial charge on any atom is 0.251 e. The summed E-state index contributed by atoms with van der Waals surface area (Å²) in [5.74, 6) is 0.141. The van der Waals surface area contributed by atoms with Crippen molar-refractivity contribution in [3.63, 3.8) is 0 Å². The van der Waals surface area contributed by atoms with Gasteiger partial charge in [-0.15, -0.1) is 0 Å². The maximum atomic E-state index is 12.4. The van der Waals surface area contributed by atoms with Crippen molar-refractivity contribution in [2.45, 2.75) is 51.4 Å². The van der Waals surface area contributed by atoms with Gasteiger partial charge < -0.3 is 15.4 Å². The summed E-state index contributed by atoms with van der Waals surface area (Å²) in [5.41, 5.74) is 5.51. The van der Waals surface area contributed by atoms with Crippen LogP contribution in [0.1, 0.15) is 33.6 Å². The predicted molar refractivity (Wildman–Crippen MR) is 82.6 cm³/mol. The molecule has 0 aromatic heterocycles. The van der Waals surface area contributed by atoms with Gasteiger partial charge in [-0.25, -0.2) is 0 Å². The fraction of sp³-hybridized carbons (Fsp3) is 0.857. The Labute approximate surface area is 126 Å². The monoisotopic (exact) mass is 299 g/mol. The number of hydrogen-bond acceptors (Lipinski definition) is 4. The summed E-state index contributed by atoms with van der Waals surface area (Å²) in [5, 5.41) is 0. The van der Waals surface area contributed by atoms with Crippen LogP contribution in [0.15, 0.2) is 0 Å². The van der Waals surface area contributed by atoms with Crippen LogP contribution < -0.4 is 5.73 Å². The van der Waals surface area contributed by atoms with Crippen molar-refractivity contribution < 1.29 is 9.53 Å². The van der Waals surface area contributed by atoms with Crippen molar-refractivity contribution in [3.05, 3.63) is 0 Å². The maximum absolute atomic E-state index is 12.4. The first-order valence-corrected chi connectivity index (χ1v) is 7.72. The van der Waals surface area contributed by atoms with E-state index in [4.69, 9.17) is 22.7 Å². The summed E-state index contributed by atoms with van der Waals surface area (Å²) in [6.45, 7) is 9.15. The highest BCUT2D eigenvalue weighted by molar-refractivity contribution is 7.80. The fourth-order valence-corrected chi connectivity index (χ4v) is 2.96. The van der Waals surface area contributed by atoms with Crippen LogP contribution >= 0.6 is 12.2 Å². The van der Waals surface area contributed by atoms with E-state index in [2.05, 4.69) is 4.90 Å². The first-order valence-electron chi connectivity index (χ1n) is 7.31. The molecule has 0 bridgehead atoms. The zero-order valence-corrected chi connectivity index (χ0v) is 13.4.